The van der Waals surface area contributed by atoms with Gasteiger partial charge in [0.15, 0.2) is 5.65 Å². The molecule has 2 heterocycles. The van der Waals surface area contributed by atoms with E-state index in [0.29, 0.717) is 29.2 Å². The minimum Gasteiger partial charge on any atom is -0.318 e. The molecule has 0 aliphatic carbocycles. The highest BCUT2D eigenvalue weighted by Crippen LogP contribution is 2.15. The van der Waals surface area contributed by atoms with Crippen molar-refractivity contribution in [2.45, 2.75) is 33.1 Å². The Bertz CT molecular complexity index is 572. The first-order chi connectivity index (χ1) is 7.61. The normalized spacial score (nSPS) is 11.2. The highest BCUT2D eigenvalue weighted by Gasteiger charge is 2.06. The first-order valence-electron chi connectivity index (χ1n) is 5.50. The Morgan fingerprint density at radius 1 is 1.44 bits per heavy atom. The molecule has 4 heteroatoms. The van der Waals surface area contributed by atoms with Gasteiger partial charge in [-0.3, -0.25) is 4.79 Å². The predicted octanol–water partition coefficient (Wildman–Crippen LogP) is 2.00. The minimum atomic E-state index is -0.113. The Labute approximate surface area is 93.8 Å². The summed E-state index contributed by atoms with van der Waals surface area (Å²) in [5.41, 5.74) is 2.86. The lowest BCUT2D eigenvalue weighted by molar-refractivity contribution is 0.858. The van der Waals surface area contributed by atoms with Gasteiger partial charge in [-0.1, -0.05) is 20.8 Å². The van der Waals surface area contributed by atoms with Crippen molar-refractivity contribution in [2.75, 3.05) is 0 Å². The second-order valence-electron chi connectivity index (χ2n) is 4.16. The molecule has 16 heavy (non-hydrogen) atoms. The van der Waals surface area contributed by atoms with Crippen molar-refractivity contribution in [1.82, 2.24) is 15.0 Å². The van der Waals surface area contributed by atoms with Gasteiger partial charge in [-0.05, 0) is 24.0 Å². The first-order valence-corrected chi connectivity index (χ1v) is 5.50. The zero-order valence-electron chi connectivity index (χ0n) is 9.74. The number of rotatable bonds is 2. The highest BCUT2D eigenvalue weighted by atomic mass is 16.1. The molecule has 0 unspecified atom stereocenters. The number of nitrogens with one attached hydrogen (secondary N) is 1. The van der Waals surface area contributed by atoms with Crippen molar-refractivity contribution in [2.24, 2.45) is 0 Å². The summed E-state index contributed by atoms with van der Waals surface area (Å²) in [5.74, 6) is 0.395. The van der Waals surface area contributed by atoms with Gasteiger partial charge in [0.1, 0.15) is 5.69 Å². The summed E-state index contributed by atoms with van der Waals surface area (Å²) in [6, 6.07) is 1.95. The molecule has 0 aromatic carbocycles. The highest BCUT2D eigenvalue weighted by molar-refractivity contribution is 5.70. The third-order valence-corrected chi connectivity index (χ3v) is 2.64. The van der Waals surface area contributed by atoms with Crippen LogP contribution in [0.25, 0.3) is 11.2 Å². The average Bonchev–Trinajstić information content (AvgIpc) is 2.27. The summed E-state index contributed by atoms with van der Waals surface area (Å²) in [4.78, 5) is 22.9. The molecular formula is C12H15N3O. The van der Waals surface area contributed by atoms with Crippen LogP contribution in [-0.4, -0.2) is 15.0 Å². The third kappa shape index (κ3) is 1.83. The zero-order chi connectivity index (χ0) is 11.7. The maximum atomic E-state index is 11.6. The van der Waals surface area contributed by atoms with E-state index in [2.05, 4.69) is 28.8 Å². The number of nitrogens with zero attached hydrogens (tertiary/aromatic N) is 2. The van der Waals surface area contributed by atoms with Crippen LogP contribution in [0.1, 0.15) is 37.9 Å². The Kier molecular flexibility index (Phi) is 2.73. The van der Waals surface area contributed by atoms with Crippen LogP contribution in [0.2, 0.25) is 0 Å². The summed E-state index contributed by atoms with van der Waals surface area (Å²) in [6.45, 7) is 6.09. The lowest BCUT2D eigenvalue weighted by atomic mass is 10.1. The van der Waals surface area contributed by atoms with Gasteiger partial charge in [0.25, 0.3) is 5.56 Å². The van der Waals surface area contributed by atoms with Crippen molar-refractivity contribution < 1.29 is 0 Å². The van der Waals surface area contributed by atoms with Crippen LogP contribution >= 0.6 is 0 Å². The van der Waals surface area contributed by atoms with Crippen LogP contribution in [0.5, 0.6) is 0 Å². The van der Waals surface area contributed by atoms with Gasteiger partial charge in [-0.2, -0.15) is 0 Å². The van der Waals surface area contributed by atoms with Crippen molar-refractivity contribution in [3.63, 3.8) is 0 Å². The smallest absolute Gasteiger partial charge is 0.270 e. The Hall–Kier alpha value is -1.71. The first kappa shape index (κ1) is 10.8. The number of aromatic amines is 1. The largest absolute Gasteiger partial charge is 0.318 e. The van der Waals surface area contributed by atoms with Crippen molar-refractivity contribution >= 4 is 11.2 Å². The number of fused-ring (bicyclic) bond motifs is 1. The fourth-order valence-electron chi connectivity index (χ4n) is 1.58. The van der Waals surface area contributed by atoms with E-state index in [-0.39, 0.29) is 5.56 Å². The predicted molar refractivity (Wildman–Crippen MR) is 63.6 cm³/mol. The summed E-state index contributed by atoms with van der Waals surface area (Å²) in [7, 11) is 0. The number of aryl methyl sites for hydroxylation is 1. The SMILES string of the molecule is CCc1nc2ncc(C(C)C)cc2[nH]c1=O. The second-order valence-corrected chi connectivity index (χ2v) is 4.16. The molecule has 0 spiro atoms. The Balaban J connectivity index is 2.67. The fourth-order valence-corrected chi connectivity index (χ4v) is 1.58. The van der Waals surface area contributed by atoms with Gasteiger partial charge in [-0.25, -0.2) is 9.97 Å². The molecule has 1 N–H and O–H groups in total. The van der Waals surface area contributed by atoms with Crippen LogP contribution in [0.15, 0.2) is 17.1 Å². The topological polar surface area (TPSA) is 58.6 Å². The summed E-state index contributed by atoms with van der Waals surface area (Å²) >= 11 is 0. The summed E-state index contributed by atoms with van der Waals surface area (Å²) < 4.78 is 0. The molecule has 2 aromatic rings. The van der Waals surface area contributed by atoms with E-state index < -0.39 is 0 Å². The van der Waals surface area contributed by atoms with Crippen LogP contribution in [0.4, 0.5) is 0 Å². The van der Waals surface area contributed by atoms with E-state index in [9.17, 15) is 4.79 Å². The van der Waals surface area contributed by atoms with Crippen molar-refractivity contribution in [1.29, 1.82) is 0 Å². The third-order valence-electron chi connectivity index (χ3n) is 2.64. The lowest BCUT2D eigenvalue weighted by Crippen LogP contribution is -2.14. The number of pyridine rings is 1. The summed E-state index contributed by atoms with van der Waals surface area (Å²) in [5, 5.41) is 0. The second kappa shape index (κ2) is 4.04. The van der Waals surface area contributed by atoms with E-state index in [1.54, 1.807) is 0 Å². The van der Waals surface area contributed by atoms with Crippen LogP contribution in [0.3, 0.4) is 0 Å². The molecule has 0 amide bonds. The lowest BCUT2D eigenvalue weighted by Gasteiger charge is -2.06. The quantitative estimate of drug-likeness (QED) is 0.837. The van der Waals surface area contributed by atoms with Gasteiger partial charge < -0.3 is 4.98 Å². The molecule has 0 saturated carbocycles. The van der Waals surface area contributed by atoms with E-state index >= 15 is 0 Å². The average molecular weight is 217 g/mol. The summed E-state index contributed by atoms with van der Waals surface area (Å²) in [6.07, 6.45) is 2.44. The molecule has 84 valence electrons. The molecular weight excluding hydrogens is 202 g/mol. The van der Waals surface area contributed by atoms with E-state index in [1.165, 1.54) is 0 Å². The maximum Gasteiger partial charge on any atom is 0.270 e. The van der Waals surface area contributed by atoms with Gasteiger partial charge in [0, 0.05) is 6.20 Å². The fraction of sp³-hybridized carbons (Fsp3) is 0.417. The van der Waals surface area contributed by atoms with Crippen LogP contribution in [-0.2, 0) is 6.42 Å². The van der Waals surface area contributed by atoms with Crippen LogP contribution < -0.4 is 5.56 Å². The molecule has 0 aliphatic rings. The van der Waals surface area contributed by atoms with E-state index in [4.69, 9.17) is 0 Å². The van der Waals surface area contributed by atoms with Gasteiger partial charge in [-0.15, -0.1) is 0 Å². The Morgan fingerprint density at radius 2 is 2.19 bits per heavy atom. The molecule has 4 nitrogen and oxygen atoms in total. The maximum absolute atomic E-state index is 11.6. The molecule has 2 rings (SSSR count). The number of hydrogen-bond donors (Lipinski definition) is 1. The van der Waals surface area contributed by atoms with Gasteiger partial charge in [0.2, 0.25) is 0 Å². The molecule has 0 bridgehead atoms. The molecule has 0 atom stereocenters. The standard InChI is InChI=1S/C12H15N3O/c1-4-9-12(16)15-10-5-8(7(2)3)6-13-11(10)14-9/h5-7H,4H2,1-3H3,(H,15,16). The van der Waals surface area contributed by atoms with E-state index in [1.807, 2.05) is 19.2 Å². The molecule has 0 saturated heterocycles. The number of aromatic nitrogens is 3. The molecule has 2 aromatic heterocycles. The zero-order valence-corrected chi connectivity index (χ0v) is 9.74. The number of H-pyrrole nitrogens is 1. The number of hydrogen-bond acceptors (Lipinski definition) is 3. The molecule has 0 radical (unpaired) electrons. The van der Waals surface area contributed by atoms with Crippen LogP contribution in [0, 0.1) is 0 Å². The van der Waals surface area contributed by atoms with Gasteiger partial charge >= 0.3 is 0 Å². The van der Waals surface area contributed by atoms with Crippen molar-refractivity contribution in [3.8, 4) is 0 Å². The van der Waals surface area contributed by atoms with Gasteiger partial charge in [0.05, 0.1) is 5.52 Å². The minimum absolute atomic E-state index is 0.113. The monoisotopic (exact) mass is 217 g/mol. The van der Waals surface area contributed by atoms with Crippen molar-refractivity contribution in [3.05, 3.63) is 33.9 Å². The molecule has 0 fully saturated rings. The van der Waals surface area contributed by atoms with E-state index in [0.717, 1.165) is 5.56 Å². The molecule has 0 aliphatic heterocycles. The Morgan fingerprint density at radius 3 is 2.81 bits per heavy atom.